The van der Waals surface area contributed by atoms with Gasteiger partial charge >= 0.3 is 0 Å². The minimum Gasteiger partial charge on any atom is -0.489 e. The van der Waals surface area contributed by atoms with Crippen molar-refractivity contribution < 1.29 is 9.66 Å². The molecule has 0 saturated carbocycles. The van der Waals surface area contributed by atoms with Crippen molar-refractivity contribution in [3.8, 4) is 5.75 Å². The van der Waals surface area contributed by atoms with Gasteiger partial charge in [0.2, 0.25) is 0 Å². The van der Waals surface area contributed by atoms with Gasteiger partial charge in [-0.05, 0) is 18.6 Å². The Labute approximate surface area is 93.7 Å². The van der Waals surface area contributed by atoms with Crippen molar-refractivity contribution in [2.45, 2.75) is 6.92 Å². The molecule has 1 aromatic carbocycles. The molecule has 0 spiro atoms. The molecule has 0 aliphatic carbocycles. The highest BCUT2D eigenvalue weighted by atomic mass is 16.6. The summed E-state index contributed by atoms with van der Waals surface area (Å²) in [6.45, 7) is 5.96. The second-order valence-corrected chi connectivity index (χ2v) is 3.40. The van der Waals surface area contributed by atoms with E-state index in [1.807, 2.05) is 0 Å². The number of rotatable bonds is 5. The standard InChI is InChI=1S/C11H14N2O3/c1-8(6-12)7-16-11-5-3-4-10(9(11)2)13(14)15/h3-5H,1,6-7,12H2,2H3. The lowest BCUT2D eigenvalue weighted by Gasteiger charge is -2.09. The van der Waals surface area contributed by atoms with Crippen LogP contribution >= 0.6 is 0 Å². The zero-order valence-electron chi connectivity index (χ0n) is 9.10. The van der Waals surface area contributed by atoms with Gasteiger partial charge in [-0.2, -0.15) is 0 Å². The Morgan fingerprint density at radius 2 is 2.31 bits per heavy atom. The molecule has 0 heterocycles. The molecule has 0 aliphatic heterocycles. The van der Waals surface area contributed by atoms with E-state index in [9.17, 15) is 10.1 Å². The third kappa shape index (κ3) is 2.80. The van der Waals surface area contributed by atoms with Gasteiger partial charge in [0.05, 0.1) is 10.5 Å². The van der Waals surface area contributed by atoms with Gasteiger partial charge in [-0.1, -0.05) is 12.6 Å². The maximum Gasteiger partial charge on any atom is 0.276 e. The number of nitrogens with zero attached hydrogens (tertiary/aromatic N) is 1. The summed E-state index contributed by atoms with van der Waals surface area (Å²) in [5, 5.41) is 10.7. The summed E-state index contributed by atoms with van der Waals surface area (Å²) in [6, 6.07) is 4.72. The number of nitro groups is 1. The van der Waals surface area contributed by atoms with Gasteiger partial charge in [0, 0.05) is 12.6 Å². The molecule has 0 atom stereocenters. The van der Waals surface area contributed by atoms with Crippen molar-refractivity contribution >= 4 is 5.69 Å². The Balaban J connectivity index is 2.85. The predicted molar refractivity (Wildman–Crippen MR) is 61.5 cm³/mol. The SMILES string of the molecule is C=C(CN)COc1cccc([N+](=O)[O-])c1C. The van der Waals surface area contributed by atoms with E-state index in [2.05, 4.69) is 6.58 Å². The smallest absolute Gasteiger partial charge is 0.276 e. The Kier molecular flexibility index (Phi) is 4.02. The zero-order valence-corrected chi connectivity index (χ0v) is 9.10. The number of hydrogen-bond donors (Lipinski definition) is 1. The third-order valence-electron chi connectivity index (χ3n) is 2.17. The summed E-state index contributed by atoms with van der Waals surface area (Å²) in [7, 11) is 0. The summed E-state index contributed by atoms with van der Waals surface area (Å²) in [4.78, 5) is 10.3. The minimum atomic E-state index is -0.431. The molecule has 0 radical (unpaired) electrons. The molecule has 0 saturated heterocycles. The molecule has 0 aliphatic rings. The molecule has 1 rings (SSSR count). The minimum absolute atomic E-state index is 0.0517. The van der Waals surface area contributed by atoms with Crippen molar-refractivity contribution in [1.82, 2.24) is 0 Å². The third-order valence-corrected chi connectivity index (χ3v) is 2.17. The van der Waals surface area contributed by atoms with Crippen LogP contribution in [0.3, 0.4) is 0 Å². The first-order chi connectivity index (χ1) is 7.56. The van der Waals surface area contributed by atoms with Gasteiger partial charge < -0.3 is 10.5 Å². The van der Waals surface area contributed by atoms with Crippen LogP contribution in [0, 0.1) is 17.0 Å². The van der Waals surface area contributed by atoms with Crippen molar-refractivity contribution in [1.29, 1.82) is 0 Å². The van der Waals surface area contributed by atoms with Crippen LogP contribution in [0.15, 0.2) is 30.4 Å². The molecule has 0 amide bonds. The van der Waals surface area contributed by atoms with E-state index in [0.717, 1.165) is 5.57 Å². The average Bonchev–Trinajstić information content (AvgIpc) is 2.26. The van der Waals surface area contributed by atoms with Crippen LogP contribution in [0.5, 0.6) is 5.75 Å². The van der Waals surface area contributed by atoms with Gasteiger partial charge in [-0.3, -0.25) is 10.1 Å². The lowest BCUT2D eigenvalue weighted by atomic mass is 10.2. The molecule has 2 N–H and O–H groups in total. The first-order valence-corrected chi connectivity index (χ1v) is 4.79. The van der Waals surface area contributed by atoms with Gasteiger partial charge in [0.15, 0.2) is 0 Å². The average molecular weight is 222 g/mol. The zero-order chi connectivity index (χ0) is 12.1. The van der Waals surface area contributed by atoms with Crippen molar-refractivity contribution in [2.24, 2.45) is 5.73 Å². The number of nitro benzene ring substituents is 1. The Morgan fingerprint density at radius 3 is 2.88 bits per heavy atom. The first kappa shape index (κ1) is 12.2. The second kappa shape index (κ2) is 5.27. The molecule has 0 fully saturated rings. The van der Waals surface area contributed by atoms with E-state index in [1.54, 1.807) is 19.1 Å². The van der Waals surface area contributed by atoms with Crippen LogP contribution in [0.1, 0.15) is 5.56 Å². The highest BCUT2D eigenvalue weighted by Crippen LogP contribution is 2.27. The van der Waals surface area contributed by atoms with E-state index < -0.39 is 4.92 Å². The monoisotopic (exact) mass is 222 g/mol. The van der Waals surface area contributed by atoms with Crippen LogP contribution < -0.4 is 10.5 Å². The Bertz CT molecular complexity index is 416. The molecule has 0 unspecified atom stereocenters. The van der Waals surface area contributed by atoms with E-state index in [0.29, 0.717) is 17.9 Å². The molecule has 0 aromatic heterocycles. The summed E-state index contributed by atoms with van der Waals surface area (Å²) in [5.74, 6) is 0.490. The number of hydrogen-bond acceptors (Lipinski definition) is 4. The number of ether oxygens (including phenoxy) is 1. The molecular formula is C11H14N2O3. The van der Waals surface area contributed by atoms with E-state index in [1.165, 1.54) is 6.07 Å². The fourth-order valence-electron chi connectivity index (χ4n) is 1.20. The lowest BCUT2D eigenvalue weighted by Crippen LogP contribution is -2.10. The molecule has 86 valence electrons. The van der Waals surface area contributed by atoms with E-state index >= 15 is 0 Å². The van der Waals surface area contributed by atoms with Gasteiger partial charge in [0.25, 0.3) is 5.69 Å². The first-order valence-electron chi connectivity index (χ1n) is 4.79. The molecule has 16 heavy (non-hydrogen) atoms. The highest BCUT2D eigenvalue weighted by molar-refractivity contribution is 5.48. The quantitative estimate of drug-likeness (QED) is 0.468. The van der Waals surface area contributed by atoms with E-state index in [-0.39, 0.29) is 12.3 Å². The van der Waals surface area contributed by atoms with Crippen LogP contribution in [0.25, 0.3) is 0 Å². The Hall–Kier alpha value is -1.88. The largest absolute Gasteiger partial charge is 0.489 e. The van der Waals surface area contributed by atoms with Crippen molar-refractivity contribution in [3.63, 3.8) is 0 Å². The highest BCUT2D eigenvalue weighted by Gasteiger charge is 2.13. The number of nitrogens with two attached hydrogens (primary N) is 1. The van der Waals surface area contributed by atoms with Gasteiger partial charge in [-0.15, -0.1) is 0 Å². The second-order valence-electron chi connectivity index (χ2n) is 3.40. The molecule has 5 nitrogen and oxygen atoms in total. The van der Waals surface area contributed by atoms with Crippen molar-refractivity contribution in [2.75, 3.05) is 13.2 Å². The molecular weight excluding hydrogens is 208 g/mol. The van der Waals surface area contributed by atoms with Crippen LogP contribution in [-0.2, 0) is 0 Å². The predicted octanol–water partition coefficient (Wildman–Crippen LogP) is 1.80. The van der Waals surface area contributed by atoms with Crippen LogP contribution in [-0.4, -0.2) is 18.1 Å². The molecule has 1 aromatic rings. The van der Waals surface area contributed by atoms with Gasteiger partial charge in [-0.25, -0.2) is 0 Å². The summed E-state index contributed by atoms with van der Waals surface area (Å²) in [6.07, 6.45) is 0. The topological polar surface area (TPSA) is 78.4 Å². The maximum absolute atomic E-state index is 10.7. The summed E-state index contributed by atoms with van der Waals surface area (Å²) in [5.41, 5.74) is 6.67. The van der Waals surface area contributed by atoms with Crippen LogP contribution in [0.2, 0.25) is 0 Å². The summed E-state index contributed by atoms with van der Waals surface area (Å²) >= 11 is 0. The van der Waals surface area contributed by atoms with Crippen molar-refractivity contribution in [3.05, 3.63) is 46.0 Å². The number of benzene rings is 1. The molecule has 5 heteroatoms. The van der Waals surface area contributed by atoms with Crippen LogP contribution in [0.4, 0.5) is 5.69 Å². The fourth-order valence-corrected chi connectivity index (χ4v) is 1.20. The Morgan fingerprint density at radius 1 is 1.62 bits per heavy atom. The molecule has 0 bridgehead atoms. The lowest BCUT2D eigenvalue weighted by molar-refractivity contribution is -0.385. The maximum atomic E-state index is 10.7. The normalized spacial score (nSPS) is 9.88. The van der Waals surface area contributed by atoms with E-state index in [4.69, 9.17) is 10.5 Å². The van der Waals surface area contributed by atoms with Gasteiger partial charge in [0.1, 0.15) is 12.4 Å². The fraction of sp³-hybridized carbons (Fsp3) is 0.273. The summed E-state index contributed by atoms with van der Waals surface area (Å²) < 4.78 is 5.40.